The number of amides is 1. The highest BCUT2D eigenvalue weighted by molar-refractivity contribution is 5.95. The van der Waals surface area contributed by atoms with Crippen molar-refractivity contribution in [3.8, 4) is 17.0 Å². The Kier molecular flexibility index (Phi) is 5.33. The quantitative estimate of drug-likeness (QED) is 0.382. The molecule has 1 amide bonds. The zero-order valence-electron chi connectivity index (χ0n) is 15.9. The Labute approximate surface area is 168 Å². The van der Waals surface area contributed by atoms with Crippen molar-refractivity contribution in [2.75, 3.05) is 6.61 Å². The number of aromatic amines is 1. The normalized spacial score (nSPS) is 11.1. The van der Waals surface area contributed by atoms with Crippen LogP contribution in [0.5, 0.6) is 5.75 Å². The fourth-order valence-corrected chi connectivity index (χ4v) is 3.03. The van der Waals surface area contributed by atoms with Crippen LogP contribution in [0.3, 0.4) is 0 Å². The van der Waals surface area contributed by atoms with E-state index < -0.39 is 0 Å². The van der Waals surface area contributed by atoms with Gasteiger partial charge in [0.15, 0.2) is 0 Å². The molecule has 0 aliphatic heterocycles. The molecule has 0 aliphatic rings. The molecule has 0 saturated carbocycles. The average molecular weight is 384 g/mol. The van der Waals surface area contributed by atoms with Crippen LogP contribution in [-0.4, -0.2) is 28.9 Å². The Hall–Kier alpha value is -3.93. The number of benzene rings is 3. The van der Waals surface area contributed by atoms with Gasteiger partial charge in [-0.3, -0.25) is 9.89 Å². The second kappa shape index (κ2) is 8.39. The summed E-state index contributed by atoms with van der Waals surface area (Å²) in [4.78, 5) is 12.4. The number of para-hydroxylation sites is 1. The molecule has 6 nitrogen and oxygen atoms in total. The van der Waals surface area contributed by atoms with Gasteiger partial charge in [-0.15, -0.1) is 0 Å². The Bertz CT molecular complexity index is 1180. The smallest absolute Gasteiger partial charge is 0.289 e. The van der Waals surface area contributed by atoms with Crippen LogP contribution in [0.25, 0.3) is 22.0 Å². The summed E-state index contributed by atoms with van der Waals surface area (Å²) in [7, 11) is 0. The summed E-state index contributed by atoms with van der Waals surface area (Å²) in [5.41, 5.74) is 5.28. The largest absolute Gasteiger partial charge is 0.493 e. The van der Waals surface area contributed by atoms with E-state index >= 15 is 0 Å². The van der Waals surface area contributed by atoms with E-state index in [1.54, 1.807) is 12.3 Å². The molecule has 0 unspecified atom stereocenters. The number of hydrazone groups is 1. The number of hydrogen-bond donors (Lipinski definition) is 2. The second-order valence-electron chi connectivity index (χ2n) is 6.40. The minimum Gasteiger partial charge on any atom is -0.493 e. The summed E-state index contributed by atoms with van der Waals surface area (Å²) in [5, 5.41) is 13.3. The first-order valence-electron chi connectivity index (χ1n) is 9.34. The molecule has 0 fully saturated rings. The summed E-state index contributed by atoms with van der Waals surface area (Å²) in [6.07, 6.45) is 1.56. The Morgan fingerprint density at radius 3 is 2.72 bits per heavy atom. The Morgan fingerprint density at radius 1 is 1.07 bits per heavy atom. The summed E-state index contributed by atoms with van der Waals surface area (Å²) in [6.45, 7) is 2.48. The van der Waals surface area contributed by atoms with Crippen molar-refractivity contribution in [2.45, 2.75) is 6.92 Å². The van der Waals surface area contributed by atoms with Gasteiger partial charge in [0.05, 0.1) is 18.5 Å². The first kappa shape index (κ1) is 18.4. The highest BCUT2D eigenvalue weighted by atomic mass is 16.5. The van der Waals surface area contributed by atoms with Crippen molar-refractivity contribution in [3.05, 3.63) is 84.1 Å². The molecule has 0 spiro atoms. The molecule has 0 bridgehead atoms. The maximum atomic E-state index is 12.4. The molecule has 3 aromatic carbocycles. The maximum Gasteiger partial charge on any atom is 0.289 e. The van der Waals surface area contributed by atoms with Crippen molar-refractivity contribution in [1.82, 2.24) is 15.6 Å². The molecule has 0 aliphatic carbocycles. The zero-order chi connectivity index (χ0) is 20.1. The zero-order valence-corrected chi connectivity index (χ0v) is 15.9. The van der Waals surface area contributed by atoms with Crippen molar-refractivity contribution in [2.24, 2.45) is 5.10 Å². The number of H-pyrrole nitrogens is 1. The van der Waals surface area contributed by atoms with Crippen LogP contribution >= 0.6 is 0 Å². The number of hydrogen-bond acceptors (Lipinski definition) is 4. The van der Waals surface area contributed by atoms with Crippen molar-refractivity contribution in [1.29, 1.82) is 0 Å². The third-order valence-corrected chi connectivity index (χ3v) is 4.46. The third kappa shape index (κ3) is 4.16. The molecular weight excluding hydrogens is 364 g/mol. The first-order chi connectivity index (χ1) is 14.2. The minimum atomic E-state index is -0.366. The number of rotatable bonds is 6. The van der Waals surface area contributed by atoms with Gasteiger partial charge in [-0.1, -0.05) is 48.5 Å². The number of nitrogens with zero attached hydrogens (tertiary/aromatic N) is 2. The van der Waals surface area contributed by atoms with Crippen LogP contribution in [0.4, 0.5) is 0 Å². The standard InChI is InChI=1S/C23H20N4O2/c1-2-29-22-10-6-5-9-19(22)15-24-27-23(28)21-14-20(25-26-21)18-12-11-16-7-3-4-8-17(16)13-18/h3-15H,2H2,1H3,(H,25,26)(H,27,28)/b24-15+. The predicted octanol–water partition coefficient (Wildman–Crippen LogP) is 4.39. The first-order valence-corrected chi connectivity index (χ1v) is 9.34. The summed E-state index contributed by atoms with van der Waals surface area (Å²) >= 11 is 0. The van der Waals surface area contributed by atoms with Gasteiger partial charge in [-0.05, 0) is 42.0 Å². The summed E-state index contributed by atoms with van der Waals surface area (Å²) < 4.78 is 5.54. The van der Waals surface area contributed by atoms with E-state index in [0.717, 1.165) is 21.9 Å². The molecule has 6 heteroatoms. The minimum absolute atomic E-state index is 0.336. The molecule has 4 aromatic rings. The molecule has 29 heavy (non-hydrogen) atoms. The fraction of sp³-hybridized carbons (Fsp3) is 0.0870. The van der Waals surface area contributed by atoms with E-state index in [1.807, 2.05) is 61.5 Å². The molecule has 144 valence electrons. The lowest BCUT2D eigenvalue weighted by atomic mass is 10.1. The second-order valence-corrected chi connectivity index (χ2v) is 6.40. The Morgan fingerprint density at radius 2 is 1.86 bits per heavy atom. The SMILES string of the molecule is CCOc1ccccc1/C=N/NC(=O)c1cc(-c2ccc3ccccc3c2)n[nH]1. The van der Waals surface area contributed by atoms with E-state index in [-0.39, 0.29) is 5.91 Å². The number of carbonyl (C=O) groups is 1. The molecule has 2 N–H and O–H groups in total. The fourth-order valence-electron chi connectivity index (χ4n) is 3.03. The van der Waals surface area contributed by atoms with Crippen molar-refractivity contribution < 1.29 is 9.53 Å². The van der Waals surface area contributed by atoms with Gasteiger partial charge >= 0.3 is 0 Å². The lowest BCUT2D eigenvalue weighted by molar-refractivity contribution is 0.0950. The van der Waals surface area contributed by atoms with E-state index in [0.29, 0.717) is 23.7 Å². The lowest BCUT2D eigenvalue weighted by Gasteiger charge is -2.05. The maximum absolute atomic E-state index is 12.4. The molecule has 0 saturated heterocycles. The molecular formula is C23H20N4O2. The van der Waals surface area contributed by atoms with E-state index in [1.165, 1.54) is 0 Å². The van der Waals surface area contributed by atoms with Crippen LogP contribution < -0.4 is 10.2 Å². The van der Waals surface area contributed by atoms with E-state index in [4.69, 9.17) is 4.74 Å². The number of fused-ring (bicyclic) bond motifs is 1. The van der Waals surface area contributed by atoms with Gasteiger partial charge < -0.3 is 4.74 Å². The number of ether oxygens (including phenoxy) is 1. The molecule has 1 aromatic heterocycles. The van der Waals surface area contributed by atoms with E-state index in [9.17, 15) is 4.79 Å². The van der Waals surface area contributed by atoms with Crippen molar-refractivity contribution in [3.63, 3.8) is 0 Å². The molecule has 0 radical (unpaired) electrons. The molecule has 0 atom stereocenters. The van der Waals surface area contributed by atoms with Gasteiger partial charge in [-0.2, -0.15) is 10.2 Å². The number of nitrogens with one attached hydrogen (secondary N) is 2. The predicted molar refractivity (Wildman–Crippen MR) is 114 cm³/mol. The molecule has 1 heterocycles. The summed E-state index contributed by atoms with van der Waals surface area (Å²) in [6, 6.07) is 23.4. The van der Waals surface area contributed by atoms with Crippen LogP contribution in [0.1, 0.15) is 23.0 Å². The topological polar surface area (TPSA) is 79.4 Å². The number of aromatic nitrogens is 2. The van der Waals surface area contributed by atoms with Crippen LogP contribution in [0.2, 0.25) is 0 Å². The molecule has 4 rings (SSSR count). The van der Waals surface area contributed by atoms with Gasteiger partial charge in [0.2, 0.25) is 0 Å². The monoisotopic (exact) mass is 384 g/mol. The third-order valence-electron chi connectivity index (χ3n) is 4.46. The Balaban J connectivity index is 1.47. The van der Waals surface area contributed by atoms with Crippen LogP contribution in [0.15, 0.2) is 77.9 Å². The van der Waals surface area contributed by atoms with Gasteiger partial charge in [0.25, 0.3) is 5.91 Å². The highest BCUT2D eigenvalue weighted by Gasteiger charge is 2.11. The highest BCUT2D eigenvalue weighted by Crippen LogP contribution is 2.23. The average Bonchev–Trinajstić information content (AvgIpc) is 3.25. The van der Waals surface area contributed by atoms with Crippen LogP contribution in [-0.2, 0) is 0 Å². The van der Waals surface area contributed by atoms with Crippen molar-refractivity contribution >= 4 is 22.9 Å². The van der Waals surface area contributed by atoms with Gasteiger partial charge in [0.1, 0.15) is 11.4 Å². The van der Waals surface area contributed by atoms with E-state index in [2.05, 4.69) is 32.9 Å². The van der Waals surface area contributed by atoms with Crippen LogP contribution in [0, 0.1) is 0 Å². The van der Waals surface area contributed by atoms with Gasteiger partial charge in [0, 0.05) is 11.1 Å². The number of carbonyl (C=O) groups excluding carboxylic acids is 1. The van der Waals surface area contributed by atoms with Gasteiger partial charge in [-0.25, -0.2) is 5.43 Å². The lowest BCUT2D eigenvalue weighted by Crippen LogP contribution is -2.18. The summed E-state index contributed by atoms with van der Waals surface area (Å²) in [5.74, 6) is 0.350.